The first-order valence-electron chi connectivity index (χ1n) is 3.06. The minimum absolute atomic E-state index is 0.106. The number of nitrogens with zero attached hydrogens (tertiary/aromatic N) is 1. The normalized spacial score (nSPS) is 9.75. The van der Waals surface area contributed by atoms with E-state index < -0.39 is 0 Å². The molecule has 0 atom stereocenters. The van der Waals surface area contributed by atoms with E-state index >= 15 is 0 Å². The second-order valence-electron chi connectivity index (χ2n) is 1.97. The van der Waals surface area contributed by atoms with E-state index in [2.05, 4.69) is 22.5 Å². The smallest absolute Gasteiger partial charge is 0.182 e. The van der Waals surface area contributed by atoms with Crippen LogP contribution in [-0.2, 0) is 6.61 Å². The summed E-state index contributed by atoms with van der Waals surface area (Å²) in [6.07, 6.45) is 0. The van der Waals surface area contributed by atoms with Crippen LogP contribution in [0.5, 0.6) is 0 Å². The largest absolute Gasteiger partial charge is 0.391 e. The van der Waals surface area contributed by atoms with Gasteiger partial charge in [0.2, 0.25) is 0 Å². The number of rotatable bonds is 2. The molecule has 66 valence electrons. The van der Waals surface area contributed by atoms with E-state index in [1.165, 1.54) is 11.3 Å². The molecule has 0 fully saturated rings. The molecule has 0 aliphatic carbocycles. The topological polar surface area (TPSA) is 97.2 Å². The number of nitrogens with two attached hydrogens (primary N) is 2. The number of aliphatic hydroxyl groups excluding tert-OH is 1. The molecule has 1 rings (SSSR count). The Hall–Kier alpha value is -0.920. The minimum Gasteiger partial charge on any atom is -0.391 e. The van der Waals surface area contributed by atoms with E-state index in [0.717, 1.165) is 0 Å². The van der Waals surface area contributed by atoms with Crippen LogP contribution in [0.1, 0.15) is 4.88 Å². The molecule has 1 heterocycles. The van der Waals surface area contributed by atoms with Gasteiger partial charge in [0.05, 0.1) is 11.5 Å². The molecule has 1 aromatic heterocycles. The number of thiazole rings is 1. The minimum atomic E-state index is -0.125. The van der Waals surface area contributed by atoms with Gasteiger partial charge in [-0.3, -0.25) is 0 Å². The fourth-order valence-corrected chi connectivity index (χ4v) is 1.44. The summed E-state index contributed by atoms with van der Waals surface area (Å²) in [6.45, 7) is -0.125. The van der Waals surface area contributed by atoms with Crippen molar-refractivity contribution in [1.82, 2.24) is 4.98 Å². The molecule has 7 heteroatoms. The summed E-state index contributed by atoms with van der Waals surface area (Å²) in [5.74, 6) is 0.438. The fourth-order valence-electron chi connectivity index (χ4n) is 0.691. The molecule has 0 radical (unpaired) electrons. The lowest BCUT2D eigenvalue weighted by Gasteiger charge is -1.99. The maximum absolute atomic E-state index is 8.84. The molecule has 1 aromatic rings. The Morgan fingerprint density at radius 3 is 2.92 bits per heavy atom. The van der Waals surface area contributed by atoms with Crippen molar-refractivity contribution in [2.24, 2.45) is 5.73 Å². The van der Waals surface area contributed by atoms with Crippen LogP contribution in [0.2, 0.25) is 0 Å². The average Bonchev–Trinajstić information content (AvgIpc) is 2.29. The van der Waals surface area contributed by atoms with E-state index in [-0.39, 0.29) is 11.7 Å². The van der Waals surface area contributed by atoms with Crippen molar-refractivity contribution in [1.29, 1.82) is 0 Å². The lowest BCUT2D eigenvalue weighted by atomic mass is 10.5. The zero-order valence-corrected chi connectivity index (χ0v) is 7.71. The first kappa shape index (κ1) is 9.17. The molecule has 0 saturated carbocycles. The Labute approximate surface area is 78.4 Å². The molecule has 0 spiro atoms. The number of aliphatic hydroxyl groups is 1. The second-order valence-corrected chi connectivity index (χ2v) is 3.53. The molecule has 0 aliphatic rings. The number of nitrogen functional groups attached to an aromatic ring is 1. The van der Waals surface area contributed by atoms with Crippen molar-refractivity contribution < 1.29 is 5.11 Å². The highest BCUT2D eigenvalue weighted by atomic mass is 32.1. The van der Waals surface area contributed by atoms with Gasteiger partial charge in [0.1, 0.15) is 0 Å². The number of aromatic nitrogens is 1. The van der Waals surface area contributed by atoms with E-state index in [1.54, 1.807) is 0 Å². The molecular weight excluding hydrogens is 196 g/mol. The molecule has 0 aromatic carbocycles. The molecule has 0 aliphatic heterocycles. The summed E-state index contributed by atoms with van der Waals surface area (Å²) in [5, 5.41) is 11.9. The lowest BCUT2D eigenvalue weighted by molar-refractivity contribution is 0.286. The average molecular weight is 204 g/mol. The molecular formula is C5H8N4OS2. The number of nitrogens with one attached hydrogen (secondary N) is 1. The highest BCUT2D eigenvalue weighted by molar-refractivity contribution is 7.80. The quantitative estimate of drug-likeness (QED) is 0.501. The number of hydrogen-bond acceptors (Lipinski definition) is 5. The van der Waals surface area contributed by atoms with Crippen molar-refractivity contribution >= 4 is 39.6 Å². The molecule has 0 saturated heterocycles. The number of anilines is 2. The van der Waals surface area contributed by atoms with Crippen molar-refractivity contribution in [2.75, 3.05) is 11.1 Å². The van der Waals surface area contributed by atoms with Crippen LogP contribution < -0.4 is 16.8 Å². The predicted molar refractivity (Wildman–Crippen MR) is 52.9 cm³/mol. The predicted octanol–water partition coefficient (Wildman–Crippen LogP) is -0.127. The SMILES string of the molecule is NC(=S)Nc1nc(N)sc1CO. The molecule has 0 bridgehead atoms. The van der Waals surface area contributed by atoms with Gasteiger partial charge in [-0.25, -0.2) is 4.98 Å². The Morgan fingerprint density at radius 2 is 2.42 bits per heavy atom. The highest BCUT2D eigenvalue weighted by Gasteiger charge is 2.07. The lowest BCUT2D eigenvalue weighted by Crippen LogP contribution is -2.19. The molecule has 12 heavy (non-hydrogen) atoms. The maximum Gasteiger partial charge on any atom is 0.182 e. The number of thiocarbonyl (C=S) groups is 1. The van der Waals surface area contributed by atoms with Gasteiger partial charge in [-0.05, 0) is 12.2 Å². The maximum atomic E-state index is 8.84. The Morgan fingerprint density at radius 1 is 1.75 bits per heavy atom. The first-order valence-corrected chi connectivity index (χ1v) is 4.28. The summed E-state index contributed by atoms with van der Waals surface area (Å²) in [4.78, 5) is 4.50. The van der Waals surface area contributed by atoms with Crippen molar-refractivity contribution in [3.63, 3.8) is 0 Å². The van der Waals surface area contributed by atoms with Crippen LogP contribution >= 0.6 is 23.6 Å². The van der Waals surface area contributed by atoms with Gasteiger partial charge in [-0.2, -0.15) is 0 Å². The van der Waals surface area contributed by atoms with Crippen LogP contribution in [0, 0.1) is 0 Å². The third kappa shape index (κ3) is 2.03. The molecule has 0 unspecified atom stereocenters. The summed E-state index contributed by atoms with van der Waals surface area (Å²) in [6, 6.07) is 0. The van der Waals surface area contributed by atoms with Crippen LogP contribution in [0.3, 0.4) is 0 Å². The summed E-state index contributed by atoms with van der Waals surface area (Å²) < 4.78 is 0. The fraction of sp³-hybridized carbons (Fsp3) is 0.200. The van der Waals surface area contributed by atoms with Gasteiger partial charge < -0.3 is 21.9 Å². The second kappa shape index (κ2) is 3.65. The molecule has 6 N–H and O–H groups in total. The van der Waals surface area contributed by atoms with E-state index in [1.807, 2.05) is 0 Å². The zero-order chi connectivity index (χ0) is 9.14. The van der Waals surface area contributed by atoms with E-state index in [0.29, 0.717) is 15.8 Å². The van der Waals surface area contributed by atoms with Gasteiger partial charge >= 0.3 is 0 Å². The van der Waals surface area contributed by atoms with Crippen LogP contribution in [0.25, 0.3) is 0 Å². The summed E-state index contributed by atoms with van der Waals surface area (Å²) in [5.41, 5.74) is 10.6. The Balaban J connectivity index is 2.89. The summed E-state index contributed by atoms with van der Waals surface area (Å²) >= 11 is 5.80. The van der Waals surface area contributed by atoms with Gasteiger partial charge in [0.25, 0.3) is 0 Å². The van der Waals surface area contributed by atoms with Crippen molar-refractivity contribution in [3.05, 3.63) is 4.88 Å². The van der Waals surface area contributed by atoms with Gasteiger partial charge in [-0.15, -0.1) is 0 Å². The van der Waals surface area contributed by atoms with E-state index in [4.69, 9.17) is 16.6 Å². The zero-order valence-electron chi connectivity index (χ0n) is 6.07. The van der Waals surface area contributed by atoms with Gasteiger partial charge in [0.15, 0.2) is 16.1 Å². The van der Waals surface area contributed by atoms with Gasteiger partial charge in [0, 0.05) is 0 Å². The van der Waals surface area contributed by atoms with Crippen LogP contribution in [-0.4, -0.2) is 15.2 Å². The van der Waals surface area contributed by atoms with Crippen molar-refractivity contribution in [3.8, 4) is 0 Å². The highest BCUT2D eigenvalue weighted by Crippen LogP contribution is 2.24. The Kier molecular flexibility index (Phi) is 2.79. The third-order valence-corrected chi connectivity index (χ3v) is 2.07. The Bertz CT molecular complexity index is 298. The first-order chi connectivity index (χ1) is 5.63. The van der Waals surface area contributed by atoms with Crippen LogP contribution in [0.4, 0.5) is 10.9 Å². The molecule has 5 nitrogen and oxygen atoms in total. The van der Waals surface area contributed by atoms with Crippen LogP contribution in [0.15, 0.2) is 0 Å². The molecule has 0 amide bonds. The third-order valence-electron chi connectivity index (χ3n) is 1.10. The van der Waals surface area contributed by atoms with E-state index in [9.17, 15) is 0 Å². The number of hydrogen-bond donors (Lipinski definition) is 4. The van der Waals surface area contributed by atoms with Crippen molar-refractivity contribution in [2.45, 2.75) is 6.61 Å². The van der Waals surface area contributed by atoms with Gasteiger partial charge in [-0.1, -0.05) is 11.3 Å². The monoisotopic (exact) mass is 204 g/mol. The standard InChI is InChI=1S/C5H8N4OS2/c6-4(11)8-3-2(1-10)12-5(7)9-3/h10H,1H2,(H2,7,9)(H3,6,8,11). The summed E-state index contributed by atoms with van der Waals surface area (Å²) in [7, 11) is 0.